The molecule has 1 aromatic carbocycles. The summed E-state index contributed by atoms with van der Waals surface area (Å²) in [6.07, 6.45) is 7.00. The van der Waals surface area contributed by atoms with E-state index in [-0.39, 0.29) is 6.03 Å². The topological polar surface area (TPSA) is 44.4 Å². The van der Waals surface area contributed by atoms with Crippen LogP contribution in [0.3, 0.4) is 0 Å². The van der Waals surface area contributed by atoms with Crippen molar-refractivity contribution in [2.75, 3.05) is 11.9 Å². The van der Waals surface area contributed by atoms with Crippen LogP contribution in [0.25, 0.3) is 0 Å². The average molecular weight is 344 g/mol. The van der Waals surface area contributed by atoms with Crippen molar-refractivity contribution >= 4 is 11.7 Å². The molecule has 4 nitrogen and oxygen atoms in total. The lowest BCUT2D eigenvalue weighted by molar-refractivity contribution is 0.0180. The van der Waals surface area contributed by atoms with Crippen LogP contribution in [0.1, 0.15) is 58.4 Å². The normalized spacial score (nSPS) is 26.5. The van der Waals surface area contributed by atoms with Gasteiger partial charge < -0.3 is 10.6 Å². The third-order valence-corrected chi connectivity index (χ3v) is 5.68. The molecule has 0 aliphatic carbocycles. The van der Waals surface area contributed by atoms with Gasteiger partial charge in [0, 0.05) is 30.4 Å². The number of fused-ring (bicyclic) bond motifs is 2. The molecule has 2 amide bonds. The van der Waals surface area contributed by atoms with E-state index in [9.17, 15) is 4.79 Å². The van der Waals surface area contributed by atoms with Gasteiger partial charge in [0.15, 0.2) is 0 Å². The molecule has 0 unspecified atom stereocenters. The molecule has 2 aliphatic rings. The lowest BCUT2D eigenvalue weighted by Gasteiger charge is -2.49. The lowest BCUT2D eigenvalue weighted by Crippen LogP contribution is -2.58. The van der Waals surface area contributed by atoms with Crippen LogP contribution in [0, 0.1) is 5.92 Å². The Morgan fingerprint density at radius 1 is 1.20 bits per heavy atom. The molecule has 0 spiro atoms. The van der Waals surface area contributed by atoms with Crippen LogP contribution < -0.4 is 10.6 Å². The number of hydrogen-bond donors (Lipinski definition) is 2. The third kappa shape index (κ3) is 4.55. The van der Waals surface area contributed by atoms with Gasteiger partial charge >= 0.3 is 6.03 Å². The number of rotatable bonds is 5. The van der Waals surface area contributed by atoms with Crippen LogP contribution in [-0.4, -0.2) is 35.6 Å². The Morgan fingerprint density at radius 3 is 2.52 bits per heavy atom. The van der Waals surface area contributed by atoms with Gasteiger partial charge in [0.1, 0.15) is 0 Å². The number of nitrogens with zero attached hydrogens (tertiary/aromatic N) is 1. The highest BCUT2D eigenvalue weighted by Crippen LogP contribution is 2.34. The fourth-order valence-corrected chi connectivity index (χ4v) is 4.61. The number of nitrogens with one attached hydrogen (secondary N) is 2. The van der Waals surface area contributed by atoms with Gasteiger partial charge in [-0.3, -0.25) is 4.90 Å². The van der Waals surface area contributed by atoms with Crippen molar-refractivity contribution in [2.45, 2.75) is 77.4 Å². The van der Waals surface area contributed by atoms with E-state index in [0.717, 1.165) is 24.9 Å². The lowest BCUT2D eigenvalue weighted by atomic mass is 9.81. The molecule has 2 aliphatic heterocycles. The summed E-state index contributed by atoms with van der Waals surface area (Å²) in [5.74, 6) is 0.710. The second-order valence-corrected chi connectivity index (χ2v) is 8.11. The first-order valence-corrected chi connectivity index (χ1v) is 9.98. The zero-order valence-corrected chi connectivity index (χ0v) is 15.9. The van der Waals surface area contributed by atoms with Gasteiger partial charge in [-0.15, -0.1) is 0 Å². The smallest absolute Gasteiger partial charge is 0.319 e. The molecular formula is C21H33N3O. The molecule has 25 heavy (non-hydrogen) atoms. The Bertz CT molecular complexity index is 572. The molecule has 2 bridgehead atoms. The summed E-state index contributed by atoms with van der Waals surface area (Å²) in [5.41, 5.74) is 2.11. The standard InChI is InChI=1S/C21H33N3O/c1-4-16-8-5-6-11-20(16)23-21(25)22-17-12-18-9-7-10-19(13-17)24(18)14-15(2)3/h5-6,8,11,15,17-19H,4,7,9-10,12-14H2,1-3H3,(H2,22,23,25)/t18-,19-/m1/s1. The van der Waals surface area contributed by atoms with Crippen molar-refractivity contribution < 1.29 is 4.79 Å². The maximum atomic E-state index is 12.5. The van der Waals surface area contributed by atoms with Gasteiger partial charge in [-0.05, 0) is 49.7 Å². The first-order chi connectivity index (χ1) is 12.1. The Labute approximate surface area is 152 Å². The molecular weight excluding hydrogens is 310 g/mol. The van der Waals surface area contributed by atoms with E-state index in [1.165, 1.54) is 31.4 Å². The number of anilines is 1. The zero-order chi connectivity index (χ0) is 17.8. The molecule has 0 radical (unpaired) electrons. The predicted molar refractivity (Wildman–Crippen MR) is 104 cm³/mol. The number of piperidine rings is 2. The van der Waals surface area contributed by atoms with E-state index in [2.05, 4.69) is 42.4 Å². The van der Waals surface area contributed by atoms with Crippen molar-refractivity contribution in [3.05, 3.63) is 29.8 Å². The Hall–Kier alpha value is -1.55. The van der Waals surface area contributed by atoms with Gasteiger partial charge in [-0.25, -0.2) is 4.79 Å². The van der Waals surface area contributed by atoms with Crippen LogP contribution in [0.15, 0.2) is 24.3 Å². The minimum atomic E-state index is -0.0544. The SMILES string of the molecule is CCc1ccccc1NC(=O)NC1C[C@H]2CCC[C@H](C1)N2CC(C)C. The predicted octanol–water partition coefficient (Wildman–Crippen LogP) is 4.41. The quantitative estimate of drug-likeness (QED) is 0.831. The van der Waals surface area contributed by atoms with E-state index in [1.807, 2.05) is 18.2 Å². The molecule has 2 saturated heterocycles. The fourth-order valence-electron chi connectivity index (χ4n) is 4.61. The number of urea groups is 1. The van der Waals surface area contributed by atoms with E-state index < -0.39 is 0 Å². The third-order valence-electron chi connectivity index (χ3n) is 5.68. The summed E-state index contributed by atoms with van der Waals surface area (Å²) < 4.78 is 0. The number of hydrogen-bond acceptors (Lipinski definition) is 2. The zero-order valence-electron chi connectivity index (χ0n) is 15.9. The molecule has 4 heteroatoms. The Morgan fingerprint density at radius 2 is 1.88 bits per heavy atom. The number of aryl methyl sites for hydroxylation is 1. The molecule has 2 N–H and O–H groups in total. The highest BCUT2D eigenvalue weighted by atomic mass is 16.2. The largest absolute Gasteiger partial charge is 0.335 e. The molecule has 1 aromatic rings. The highest BCUT2D eigenvalue weighted by Gasteiger charge is 2.38. The summed E-state index contributed by atoms with van der Waals surface area (Å²) in [4.78, 5) is 15.2. The van der Waals surface area contributed by atoms with Crippen molar-refractivity contribution in [3.63, 3.8) is 0 Å². The molecule has 2 heterocycles. The number of para-hydroxylation sites is 1. The number of benzene rings is 1. The number of carbonyl (C=O) groups is 1. The molecule has 138 valence electrons. The van der Waals surface area contributed by atoms with Gasteiger partial charge in [0.05, 0.1) is 0 Å². The molecule has 0 saturated carbocycles. The van der Waals surface area contributed by atoms with Gasteiger partial charge in [-0.1, -0.05) is 45.4 Å². The van der Waals surface area contributed by atoms with Gasteiger partial charge in [0.25, 0.3) is 0 Å². The van der Waals surface area contributed by atoms with Gasteiger partial charge in [-0.2, -0.15) is 0 Å². The Balaban J connectivity index is 1.58. The van der Waals surface area contributed by atoms with Crippen molar-refractivity contribution in [2.24, 2.45) is 5.92 Å². The molecule has 2 atom stereocenters. The first-order valence-electron chi connectivity index (χ1n) is 9.98. The van der Waals surface area contributed by atoms with Crippen LogP contribution in [-0.2, 0) is 6.42 Å². The Kier molecular flexibility index (Phi) is 6.00. The maximum Gasteiger partial charge on any atom is 0.319 e. The van der Waals surface area contributed by atoms with E-state index >= 15 is 0 Å². The second kappa shape index (κ2) is 8.22. The fraction of sp³-hybridized carbons (Fsp3) is 0.667. The van der Waals surface area contributed by atoms with Crippen LogP contribution in [0.5, 0.6) is 0 Å². The highest BCUT2D eigenvalue weighted by molar-refractivity contribution is 5.90. The first kappa shape index (κ1) is 18.2. The minimum Gasteiger partial charge on any atom is -0.335 e. The summed E-state index contributed by atoms with van der Waals surface area (Å²) in [6, 6.07) is 9.58. The summed E-state index contributed by atoms with van der Waals surface area (Å²) in [5, 5.41) is 6.30. The van der Waals surface area contributed by atoms with E-state index in [1.54, 1.807) is 0 Å². The number of amides is 2. The van der Waals surface area contributed by atoms with Crippen LogP contribution in [0.2, 0.25) is 0 Å². The van der Waals surface area contributed by atoms with Crippen LogP contribution >= 0.6 is 0 Å². The summed E-state index contributed by atoms with van der Waals surface area (Å²) in [7, 11) is 0. The molecule has 2 fully saturated rings. The molecule has 0 aromatic heterocycles. The van der Waals surface area contributed by atoms with E-state index in [4.69, 9.17) is 0 Å². The summed E-state index contributed by atoms with van der Waals surface area (Å²) >= 11 is 0. The molecule has 3 rings (SSSR count). The maximum absolute atomic E-state index is 12.5. The average Bonchev–Trinajstić information content (AvgIpc) is 2.55. The minimum absolute atomic E-state index is 0.0544. The second-order valence-electron chi connectivity index (χ2n) is 8.11. The number of carbonyl (C=O) groups excluding carboxylic acids is 1. The van der Waals surface area contributed by atoms with Crippen molar-refractivity contribution in [3.8, 4) is 0 Å². The van der Waals surface area contributed by atoms with Crippen molar-refractivity contribution in [1.82, 2.24) is 10.2 Å². The van der Waals surface area contributed by atoms with Gasteiger partial charge in [0.2, 0.25) is 0 Å². The van der Waals surface area contributed by atoms with E-state index in [0.29, 0.717) is 24.0 Å². The van der Waals surface area contributed by atoms with Crippen LogP contribution in [0.4, 0.5) is 10.5 Å². The van der Waals surface area contributed by atoms with Crippen molar-refractivity contribution in [1.29, 1.82) is 0 Å². The monoisotopic (exact) mass is 343 g/mol. The summed E-state index contributed by atoms with van der Waals surface area (Å²) in [6.45, 7) is 7.92.